The van der Waals surface area contributed by atoms with Crippen molar-refractivity contribution < 1.29 is 31.5 Å². The molecule has 0 fully saturated rings. The molecular formula is C28H18F4N2O3. The van der Waals surface area contributed by atoms with Gasteiger partial charge in [0.05, 0.1) is 12.7 Å². The number of fused-ring (bicyclic) bond motifs is 1. The number of carbonyl (C=O) groups excluding carboxylic acids is 1. The Morgan fingerprint density at radius 2 is 1.62 bits per heavy atom. The van der Waals surface area contributed by atoms with E-state index in [0.717, 1.165) is 12.1 Å². The van der Waals surface area contributed by atoms with E-state index in [9.17, 15) is 22.4 Å². The van der Waals surface area contributed by atoms with E-state index >= 15 is 0 Å². The van der Waals surface area contributed by atoms with Crippen molar-refractivity contribution in [3.8, 4) is 39.5 Å². The molecule has 1 heterocycles. The highest BCUT2D eigenvalue weighted by molar-refractivity contribution is 5.93. The summed E-state index contributed by atoms with van der Waals surface area (Å²) in [7, 11) is 1.42. The van der Waals surface area contributed by atoms with Gasteiger partial charge in [0, 0.05) is 28.3 Å². The van der Waals surface area contributed by atoms with Crippen LogP contribution in [0.5, 0.6) is 5.75 Å². The molecule has 0 aliphatic heterocycles. The van der Waals surface area contributed by atoms with Crippen molar-refractivity contribution in [2.75, 3.05) is 7.11 Å². The highest BCUT2D eigenvalue weighted by atomic mass is 19.4. The van der Waals surface area contributed by atoms with Crippen LogP contribution in [0.3, 0.4) is 0 Å². The molecule has 186 valence electrons. The third kappa shape index (κ3) is 4.63. The van der Waals surface area contributed by atoms with Crippen LogP contribution < -0.4 is 10.5 Å². The number of amides is 1. The summed E-state index contributed by atoms with van der Waals surface area (Å²) in [5.41, 5.74) is 7.59. The highest BCUT2D eigenvalue weighted by Crippen LogP contribution is 2.38. The highest BCUT2D eigenvalue weighted by Gasteiger charge is 2.31. The second-order valence-corrected chi connectivity index (χ2v) is 8.25. The molecule has 0 saturated carbocycles. The van der Waals surface area contributed by atoms with Gasteiger partial charge in [-0.2, -0.15) is 13.2 Å². The third-order valence-electron chi connectivity index (χ3n) is 5.91. The molecule has 37 heavy (non-hydrogen) atoms. The quantitative estimate of drug-likeness (QED) is 0.258. The van der Waals surface area contributed by atoms with Gasteiger partial charge in [0.2, 0.25) is 11.8 Å². The molecule has 0 atom stereocenters. The van der Waals surface area contributed by atoms with Gasteiger partial charge in [-0.3, -0.25) is 4.79 Å². The minimum absolute atomic E-state index is 0.0799. The molecule has 9 heteroatoms. The standard InChI is InChI=1S/C28H18F4N2O3/c1-36-25-14-22(29)20(15-5-7-16(8-6-15)26(33)35)13-21(25)17-3-2-4-18(11-17)27-34-23-12-19(28(30,31)32)9-10-24(23)37-27/h2-14H,1H3,(H2,33,35). The first-order valence-electron chi connectivity index (χ1n) is 11.0. The van der Waals surface area contributed by atoms with Gasteiger partial charge in [0.15, 0.2) is 5.58 Å². The van der Waals surface area contributed by atoms with E-state index < -0.39 is 23.5 Å². The van der Waals surface area contributed by atoms with Crippen LogP contribution in [0, 0.1) is 5.82 Å². The topological polar surface area (TPSA) is 78.4 Å². The number of aromatic nitrogens is 1. The second kappa shape index (κ2) is 9.09. The van der Waals surface area contributed by atoms with Gasteiger partial charge >= 0.3 is 6.18 Å². The number of primary amides is 1. The molecule has 5 aromatic rings. The predicted octanol–water partition coefficient (Wildman–Crippen LogP) is 7.09. The largest absolute Gasteiger partial charge is 0.496 e. The van der Waals surface area contributed by atoms with E-state index in [2.05, 4.69) is 4.98 Å². The Morgan fingerprint density at radius 3 is 2.30 bits per heavy atom. The molecule has 0 spiro atoms. The molecule has 5 nitrogen and oxygen atoms in total. The van der Waals surface area contributed by atoms with Crippen molar-refractivity contribution in [2.24, 2.45) is 5.73 Å². The fourth-order valence-electron chi connectivity index (χ4n) is 4.03. The van der Waals surface area contributed by atoms with E-state index in [1.807, 2.05) is 0 Å². The van der Waals surface area contributed by atoms with Crippen LogP contribution in [0.15, 0.2) is 83.3 Å². The maximum atomic E-state index is 15.0. The Balaban J connectivity index is 1.57. The number of methoxy groups -OCH3 is 1. The molecule has 0 bridgehead atoms. The van der Waals surface area contributed by atoms with Gasteiger partial charge in [-0.05, 0) is 59.7 Å². The van der Waals surface area contributed by atoms with Crippen molar-refractivity contribution in [3.05, 3.63) is 95.8 Å². The lowest BCUT2D eigenvalue weighted by Gasteiger charge is -2.13. The van der Waals surface area contributed by atoms with Crippen LogP contribution in [0.1, 0.15) is 15.9 Å². The Hall–Kier alpha value is -4.66. The van der Waals surface area contributed by atoms with E-state index in [-0.39, 0.29) is 28.3 Å². The molecule has 0 aliphatic rings. The summed E-state index contributed by atoms with van der Waals surface area (Å²) < 4.78 is 65.3. The van der Waals surface area contributed by atoms with Gasteiger partial charge in [-0.25, -0.2) is 9.37 Å². The Morgan fingerprint density at radius 1 is 0.892 bits per heavy atom. The van der Waals surface area contributed by atoms with Gasteiger partial charge in [0.25, 0.3) is 0 Å². The van der Waals surface area contributed by atoms with Crippen LogP contribution in [-0.2, 0) is 6.18 Å². The summed E-state index contributed by atoms with van der Waals surface area (Å²) in [4.78, 5) is 15.6. The monoisotopic (exact) mass is 506 g/mol. The summed E-state index contributed by atoms with van der Waals surface area (Å²) >= 11 is 0. The molecule has 0 unspecified atom stereocenters. The number of nitrogens with two attached hydrogens (primary N) is 1. The normalized spacial score (nSPS) is 11.6. The SMILES string of the molecule is COc1cc(F)c(-c2ccc(C(N)=O)cc2)cc1-c1cccc(-c2nc3cc(C(F)(F)F)ccc3o2)c1. The van der Waals surface area contributed by atoms with Crippen LogP contribution >= 0.6 is 0 Å². The van der Waals surface area contributed by atoms with Crippen molar-refractivity contribution in [2.45, 2.75) is 6.18 Å². The van der Waals surface area contributed by atoms with E-state index in [4.69, 9.17) is 14.9 Å². The number of halogens is 4. The summed E-state index contributed by atoms with van der Waals surface area (Å²) in [6, 6.07) is 19.1. The lowest BCUT2D eigenvalue weighted by molar-refractivity contribution is -0.137. The van der Waals surface area contributed by atoms with E-state index in [1.165, 1.54) is 31.4 Å². The number of ether oxygens (including phenoxy) is 1. The zero-order valence-corrected chi connectivity index (χ0v) is 19.3. The van der Waals surface area contributed by atoms with Crippen molar-refractivity contribution in [3.63, 3.8) is 0 Å². The number of rotatable bonds is 5. The predicted molar refractivity (Wildman–Crippen MR) is 130 cm³/mol. The van der Waals surface area contributed by atoms with Crippen LogP contribution in [-0.4, -0.2) is 18.0 Å². The van der Waals surface area contributed by atoms with Gasteiger partial charge in [-0.1, -0.05) is 24.3 Å². The number of nitrogens with zero attached hydrogens (tertiary/aromatic N) is 1. The maximum absolute atomic E-state index is 15.0. The molecule has 0 saturated heterocycles. The minimum atomic E-state index is -4.50. The lowest BCUT2D eigenvalue weighted by Crippen LogP contribution is -2.10. The molecule has 1 aromatic heterocycles. The summed E-state index contributed by atoms with van der Waals surface area (Å²) in [6.45, 7) is 0. The van der Waals surface area contributed by atoms with E-state index in [1.54, 1.807) is 42.5 Å². The number of hydrogen-bond acceptors (Lipinski definition) is 4. The average molecular weight is 506 g/mol. The zero-order valence-electron chi connectivity index (χ0n) is 19.3. The van der Waals surface area contributed by atoms with Crippen molar-refractivity contribution in [1.82, 2.24) is 4.98 Å². The average Bonchev–Trinajstić information content (AvgIpc) is 3.32. The first-order chi connectivity index (χ1) is 17.6. The summed E-state index contributed by atoms with van der Waals surface area (Å²) in [5, 5.41) is 0. The number of hydrogen-bond donors (Lipinski definition) is 1. The zero-order chi connectivity index (χ0) is 26.3. The summed E-state index contributed by atoms with van der Waals surface area (Å²) in [6.07, 6.45) is -4.50. The number of oxazole rings is 1. The molecule has 4 aromatic carbocycles. The number of benzene rings is 4. The van der Waals surface area contributed by atoms with Gasteiger partial charge < -0.3 is 14.9 Å². The van der Waals surface area contributed by atoms with E-state index in [0.29, 0.717) is 27.8 Å². The van der Waals surface area contributed by atoms with Crippen molar-refractivity contribution >= 4 is 17.0 Å². The smallest absolute Gasteiger partial charge is 0.416 e. The maximum Gasteiger partial charge on any atom is 0.416 e. The fourth-order valence-corrected chi connectivity index (χ4v) is 4.03. The molecular weight excluding hydrogens is 488 g/mol. The molecule has 0 radical (unpaired) electrons. The van der Waals surface area contributed by atoms with Crippen molar-refractivity contribution in [1.29, 1.82) is 0 Å². The number of carbonyl (C=O) groups is 1. The second-order valence-electron chi connectivity index (χ2n) is 8.25. The number of alkyl halides is 3. The lowest BCUT2D eigenvalue weighted by atomic mass is 9.96. The van der Waals surface area contributed by atoms with Gasteiger partial charge in [-0.15, -0.1) is 0 Å². The molecule has 0 aliphatic carbocycles. The first kappa shape index (κ1) is 24.1. The molecule has 1 amide bonds. The van der Waals surface area contributed by atoms with Gasteiger partial charge in [0.1, 0.15) is 17.1 Å². The molecule has 5 rings (SSSR count). The van der Waals surface area contributed by atoms with Crippen LogP contribution in [0.4, 0.5) is 17.6 Å². The molecule has 2 N–H and O–H groups in total. The van der Waals surface area contributed by atoms with Crippen LogP contribution in [0.2, 0.25) is 0 Å². The first-order valence-corrected chi connectivity index (χ1v) is 11.0. The Labute approximate surface area is 208 Å². The third-order valence-corrected chi connectivity index (χ3v) is 5.91. The van der Waals surface area contributed by atoms with Crippen LogP contribution in [0.25, 0.3) is 44.8 Å². The minimum Gasteiger partial charge on any atom is -0.496 e. The fraction of sp³-hybridized carbons (Fsp3) is 0.0714. The Bertz CT molecular complexity index is 1640. The summed E-state index contributed by atoms with van der Waals surface area (Å²) in [5.74, 6) is -0.699. The Kier molecular flexibility index (Phi) is 5.91.